The lowest BCUT2D eigenvalue weighted by molar-refractivity contribution is 0.0951. The van der Waals surface area contributed by atoms with Crippen molar-refractivity contribution in [2.75, 3.05) is 26.0 Å². The third kappa shape index (κ3) is 5.38. The normalized spacial score (nSPS) is 12.6. The Morgan fingerprint density at radius 2 is 1.76 bits per heavy atom. The lowest BCUT2D eigenvalue weighted by atomic mass is 10.1. The first-order valence-corrected chi connectivity index (χ1v) is 9.50. The van der Waals surface area contributed by atoms with Crippen LogP contribution in [0.25, 0.3) is 0 Å². The Labute approximate surface area is 147 Å². The maximum absolute atomic E-state index is 12.2. The zero-order valence-corrected chi connectivity index (χ0v) is 14.8. The van der Waals surface area contributed by atoms with Crippen molar-refractivity contribution in [1.29, 1.82) is 0 Å². The second-order valence-electron chi connectivity index (χ2n) is 5.56. The monoisotopic (exact) mass is 362 g/mol. The van der Waals surface area contributed by atoms with Gasteiger partial charge in [0.25, 0.3) is 5.91 Å². The van der Waals surface area contributed by atoms with E-state index in [1.165, 1.54) is 31.4 Å². The lowest BCUT2D eigenvalue weighted by Gasteiger charge is -2.13. The molecule has 3 N–H and O–H groups in total. The summed E-state index contributed by atoms with van der Waals surface area (Å²) in [6.07, 6.45) is 0. The molecule has 1 amide bonds. The largest absolute Gasteiger partial charge is 0.384 e. The van der Waals surface area contributed by atoms with Crippen molar-refractivity contribution in [1.82, 2.24) is 5.32 Å². The maximum atomic E-state index is 12.2. The molecule has 2 aromatic carbocycles. The SMILES string of the molecule is COCCS(=O)(=O)c1ccc(C(=O)NCC(N)c2ccccc2)cc1. The summed E-state index contributed by atoms with van der Waals surface area (Å²) in [5, 5.41) is 2.76. The summed E-state index contributed by atoms with van der Waals surface area (Å²) in [6, 6.07) is 15.0. The van der Waals surface area contributed by atoms with Gasteiger partial charge in [0.1, 0.15) is 0 Å². The van der Waals surface area contributed by atoms with Crippen LogP contribution in [0.3, 0.4) is 0 Å². The van der Waals surface area contributed by atoms with E-state index in [0.29, 0.717) is 5.56 Å². The molecule has 0 aromatic heterocycles. The number of nitrogens with two attached hydrogens (primary N) is 1. The third-order valence-corrected chi connectivity index (χ3v) is 5.44. The first-order chi connectivity index (χ1) is 11.9. The van der Waals surface area contributed by atoms with Crippen molar-refractivity contribution in [2.24, 2.45) is 5.73 Å². The van der Waals surface area contributed by atoms with E-state index in [2.05, 4.69) is 5.32 Å². The van der Waals surface area contributed by atoms with Gasteiger partial charge in [-0.2, -0.15) is 0 Å². The Morgan fingerprint density at radius 1 is 1.12 bits per heavy atom. The van der Waals surface area contributed by atoms with Gasteiger partial charge in [-0.3, -0.25) is 4.79 Å². The second-order valence-corrected chi connectivity index (χ2v) is 7.67. The van der Waals surface area contributed by atoms with E-state index < -0.39 is 9.84 Å². The molecule has 1 unspecified atom stereocenters. The van der Waals surface area contributed by atoms with Gasteiger partial charge in [-0.1, -0.05) is 30.3 Å². The Kier molecular flexibility index (Phi) is 6.69. The molecule has 0 bridgehead atoms. The van der Waals surface area contributed by atoms with Crippen molar-refractivity contribution in [2.45, 2.75) is 10.9 Å². The summed E-state index contributed by atoms with van der Waals surface area (Å²) in [6.45, 7) is 0.415. The third-order valence-electron chi connectivity index (χ3n) is 3.74. The van der Waals surface area contributed by atoms with E-state index in [1.807, 2.05) is 30.3 Å². The highest BCUT2D eigenvalue weighted by Gasteiger charge is 2.15. The molecule has 0 radical (unpaired) electrons. The van der Waals surface area contributed by atoms with Crippen LogP contribution in [0.1, 0.15) is 22.0 Å². The highest BCUT2D eigenvalue weighted by atomic mass is 32.2. The van der Waals surface area contributed by atoms with Crippen LogP contribution in [0, 0.1) is 0 Å². The zero-order valence-electron chi connectivity index (χ0n) is 14.0. The molecule has 0 saturated carbocycles. The lowest BCUT2D eigenvalue weighted by Crippen LogP contribution is -2.31. The molecule has 0 fully saturated rings. The van der Waals surface area contributed by atoms with Crippen molar-refractivity contribution in [3.63, 3.8) is 0 Å². The summed E-state index contributed by atoms with van der Waals surface area (Å²) in [5.41, 5.74) is 7.36. The number of hydrogen-bond acceptors (Lipinski definition) is 5. The highest BCUT2D eigenvalue weighted by Crippen LogP contribution is 2.13. The zero-order chi connectivity index (χ0) is 18.3. The predicted molar refractivity (Wildman–Crippen MR) is 96.1 cm³/mol. The van der Waals surface area contributed by atoms with Gasteiger partial charge in [0.15, 0.2) is 9.84 Å². The summed E-state index contributed by atoms with van der Waals surface area (Å²) in [4.78, 5) is 12.3. The Morgan fingerprint density at radius 3 is 2.36 bits per heavy atom. The molecule has 0 aliphatic carbocycles. The van der Waals surface area contributed by atoms with Crippen LogP contribution in [0.5, 0.6) is 0 Å². The van der Waals surface area contributed by atoms with Crippen molar-refractivity contribution in [3.05, 3.63) is 65.7 Å². The van der Waals surface area contributed by atoms with Gasteiger partial charge < -0.3 is 15.8 Å². The van der Waals surface area contributed by atoms with Crippen LogP contribution in [0.15, 0.2) is 59.5 Å². The van der Waals surface area contributed by atoms with Gasteiger partial charge in [-0.15, -0.1) is 0 Å². The van der Waals surface area contributed by atoms with E-state index in [9.17, 15) is 13.2 Å². The fourth-order valence-electron chi connectivity index (χ4n) is 2.25. The molecule has 0 saturated heterocycles. The molecular formula is C18H22N2O4S. The number of ether oxygens (including phenoxy) is 1. The molecule has 0 aliphatic heterocycles. The Bertz CT molecular complexity index is 790. The Hall–Kier alpha value is -2.22. The average molecular weight is 362 g/mol. The van der Waals surface area contributed by atoms with E-state index in [1.54, 1.807) is 0 Å². The fraction of sp³-hybridized carbons (Fsp3) is 0.278. The highest BCUT2D eigenvalue weighted by molar-refractivity contribution is 7.91. The number of carbonyl (C=O) groups excluding carboxylic acids is 1. The molecule has 6 nitrogen and oxygen atoms in total. The van der Waals surface area contributed by atoms with Crippen LogP contribution >= 0.6 is 0 Å². The standard InChI is InChI=1S/C18H22N2O4S/c1-24-11-12-25(22,23)16-9-7-15(8-10-16)18(21)20-13-17(19)14-5-3-2-4-6-14/h2-10,17H,11-13,19H2,1H3,(H,20,21). The van der Waals surface area contributed by atoms with Gasteiger partial charge in [0, 0.05) is 25.3 Å². The topological polar surface area (TPSA) is 98.5 Å². The molecule has 134 valence electrons. The van der Waals surface area contributed by atoms with Gasteiger partial charge in [-0.05, 0) is 29.8 Å². The summed E-state index contributed by atoms with van der Waals surface area (Å²) in [7, 11) is -1.96. The molecule has 0 spiro atoms. The number of sulfone groups is 1. The minimum absolute atomic E-state index is 0.0963. The number of benzene rings is 2. The predicted octanol–water partition coefficient (Wildman–Crippen LogP) is 1.54. The van der Waals surface area contributed by atoms with Gasteiger partial charge >= 0.3 is 0 Å². The first kappa shape index (κ1) is 19.1. The van der Waals surface area contributed by atoms with E-state index in [-0.39, 0.29) is 35.7 Å². The van der Waals surface area contributed by atoms with Gasteiger partial charge in [0.2, 0.25) is 0 Å². The minimum atomic E-state index is -3.40. The fourth-order valence-corrected chi connectivity index (χ4v) is 3.42. The van der Waals surface area contributed by atoms with Crippen LogP contribution in [-0.2, 0) is 14.6 Å². The number of methoxy groups -OCH3 is 1. The number of hydrogen-bond donors (Lipinski definition) is 2. The number of rotatable bonds is 8. The second kappa shape index (κ2) is 8.75. The molecule has 2 aromatic rings. The molecule has 0 aliphatic rings. The van der Waals surface area contributed by atoms with Crippen LogP contribution in [0.2, 0.25) is 0 Å². The number of amides is 1. The minimum Gasteiger partial charge on any atom is -0.384 e. The summed E-state index contributed by atoms with van der Waals surface area (Å²) >= 11 is 0. The number of nitrogens with one attached hydrogen (secondary N) is 1. The van der Waals surface area contributed by atoms with E-state index in [4.69, 9.17) is 10.5 Å². The Balaban J connectivity index is 1.96. The number of carbonyl (C=O) groups is 1. The van der Waals surface area contributed by atoms with Gasteiger partial charge in [-0.25, -0.2) is 8.42 Å². The van der Waals surface area contributed by atoms with E-state index >= 15 is 0 Å². The summed E-state index contributed by atoms with van der Waals surface area (Å²) in [5.74, 6) is -0.395. The smallest absolute Gasteiger partial charge is 0.251 e. The first-order valence-electron chi connectivity index (χ1n) is 7.84. The van der Waals surface area contributed by atoms with Crippen molar-refractivity contribution < 1.29 is 17.9 Å². The molecule has 1 atom stereocenters. The van der Waals surface area contributed by atoms with E-state index in [0.717, 1.165) is 5.56 Å². The molecule has 2 rings (SSSR count). The van der Waals surface area contributed by atoms with Crippen LogP contribution in [0.4, 0.5) is 0 Å². The average Bonchev–Trinajstić information content (AvgIpc) is 2.65. The van der Waals surface area contributed by atoms with Crippen LogP contribution < -0.4 is 11.1 Å². The van der Waals surface area contributed by atoms with Crippen LogP contribution in [-0.4, -0.2) is 40.3 Å². The molecule has 25 heavy (non-hydrogen) atoms. The van der Waals surface area contributed by atoms with Gasteiger partial charge in [0.05, 0.1) is 17.3 Å². The molecule has 7 heteroatoms. The molecule has 0 heterocycles. The maximum Gasteiger partial charge on any atom is 0.251 e. The molecular weight excluding hydrogens is 340 g/mol. The summed E-state index contributed by atoms with van der Waals surface area (Å²) < 4.78 is 28.9. The van der Waals surface area contributed by atoms with Crippen molar-refractivity contribution in [3.8, 4) is 0 Å². The van der Waals surface area contributed by atoms with Crippen molar-refractivity contribution >= 4 is 15.7 Å². The quantitative estimate of drug-likeness (QED) is 0.742.